The van der Waals surface area contributed by atoms with Crippen molar-refractivity contribution in [2.75, 3.05) is 18.0 Å². The second kappa shape index (κ2) is 7.71. The molecule has 0 unspecified atom stereocenters. The van der Waals surface area contributed by atoms with Gasteiger partial charge in [-0.05, 0) is 24.6 Å². The van der Waals surface area contributed by atoms with Crippen LogP contribution in [0.15, 0.2) is 67.3 Å². The maximum Gasteiger partial charge on any atom is 0.260 e. The number of aromatic nitrogens is 2. The van der Waals surface area contributed by atoms with Crippen molar-refractivity contribution in [3.8, 4) is 0 Å². The number of nitrogens with zero attached hydrogens (tertiary/aromatic N) is 4. The molecule has 156 valence electrons. The topological polar surface area (TPSA) is 87.5 Å². The van der Waals surface area contributed by atoms with Crippen LogP contribution in [0.25, 0.3) is 0 Å². The maximum atomic E-state index is 13.3. The Hall–Kier alpha value is -3.94. The summed E-state index contributed by atoms with van der Waals surface area (Å²) in [6, 6.07) is 14.3. The number of para-hydroxylation sites is 1. The number of imidazole rings is 1. The van der Waals surface area contributed by atoms with Crippen LogP contribution in [-0.2, 0) is 11.3 Å². The summed E-state index contributed by atoms with van der Waals surface area (Å²) in [6.07, 6.45) is 5.44. The molecule has 3 heterocycles. The van der Waals surface area contributed by atoms with Crippen molar-refractivity contribution < 1.29 is 14.4 Å². The van der Waals surface area contributed by atoms with E-state index in [1.54, 1.807) is 47.8 Å². The minimum absolute atomic E-state index is 0.124. The largest absolute Gasteiger partial charge is 0.354 e. The number of rotatable bonds is 6. The van der Waals surface area contributed by atoms with Crippen LogP contribution in [0, 0.1) is 0 Å². The molecule has 8 nitrogen and oxygen atoms in total. The van der Waals surface area contributed by atoms with Crippen LogP contribution in [0.5, 0.6) is 0 Å². The quantitative estimate of drug-likeness (QED) is 0.626. The van der Waals surface area contributed by atoms with Crippen LogP contribution in [0.2, 0.25) is 0 Å². The van der Waals surface area contributed by atoms with Crippen LogP contribution in [-0.4, -0.2) is 45.3 Å². The standard InChI is InChI=1S/C23H21N5O3/c29-20(25-10-5-12-26-13-11-24-15-26)14-27-21-16-6-1-2-7-17(16)23(31)28(21)19-9-4-3-8-18(19)22(27)30/h1-4,6-9,11,13,15,21H,5,10,12,14H2,(H,25,29)/t21-/m1/s1. The second-order valence-electron chi connectivity index (χ2n) is 7.59. The van der Waals surface area contributed by atoms with Crippen LogP contribution >= 0.6 is 0 Å². The Morgan fingerprint density at radius 1 is 1.00 bits per heavy atom. The average molecular weight is 415 g/mol. The number of hydrogen-bond acceptors (Lipinski definition) is 4. The van der Waals surface area contributed by atoms with Crippen molar-refractivity contribution in [2.45, 2.75) is 19.1 Å². The van der Waals surface area contributed by atoms with Gasteiger partial charge in [0.25, 0.3) is 11.8 Å². The Bertz CT molecular complexity index is 1160. The molecule has 0 aliphatic carbocycles. The van der Waals surface area contributed by atoms with Gasteiger partial charge in [-0.15, -0.1) is 0 Å². The first-order valence-corrected chi connectivity index (χ1v) is 10.2. The lowest BCUT2D eigenvalue weighted by Crippen LogP contribution is -2.51. The summed E-state index contributed by atoms with van der Waals surface area (Å²) in [5.74, 6) is -0.670. The molecule has 0 bridgehead atoms. The van der Waals surface area contributed by atoms with Gasteiger partial charge in [0.1, 0.15) is 12.7 Å². The van der Waals surface area contributed by atoms with E-state index in [1.165, 1.54) is 4.90 Å². The van der Waals surface area contributed by atoms with E-state index in [0.717, 1.165) is 18.5 Å². The Labute approximate surface area is 179 Å². The predicted molar refractivity (Wildman–Crippen MR) is 113 cm³/mol. The van der Waals surface area contributed by atoms with E-state index in [4.69, 9.17) is 0 Å². The van der Waals surface area contributed by atoms with Crippen LogP contribution in [0.1, 0.15) is 38.9 Å². The number of amides is 3. The SMILES string of the molecule is O=C(CN1C(=O)c2ccccc2N2C(=O)c3ccccc3[C@H]12)NCCCn1ccnc1. The highest BCUT2D eigenvalue weighted by Crippen LogP contribution is 2.44. The second-order valence-corrected chi connectivity index (χ2v) is 7.59. The van der Waals surface area contributed by atoms with Crippen molar-refractivity contribution in [1.82, 2.24) is 19.8 Å². The molecule has 1 atom stereocenters. The van der Waals surface area contributed by atoms with Gasteiger partial charge in [-0.3, -0.25) is 19.3 Å². The van der Waals surface area contributed by atoms with E-state index in [9.17, 15) is 14.4 Å². The molecule has 0 fully saturated rings. The van der Waals surface area contributed by atoms with Gasteiger partial charge in [0, 0.05) is 36.6 Å². The lowest BCUT2D eigenvalue weighted by molar-refractivity contribution is -0.122. The van der Waals surface area contributed by atoms with Gasteiger partial charge in [-0.2, -0.15) is 0 Å². The van der Waals surface area contributed by atoms with E-state index >= 15 is 0 Å². The van der Waals surface area contributed by atoms with Gasteiger partial charge >= 0.3 is 0 Å². The smallest absolute Gasteiger partial charge is 0.260 e. The third-order valence-corrected chi connectivity index (χ3v) is 5.67. The minimum Gasteiger partial charge on any atom is -0.354 e. The minimum atomic E-state index is -0.622. The Morgan fingerprint density at radius 3 is 2.58 bits per heavy atom. The Kier molecular flexibility index (Phi) is 4.74. The Morgan fingerprint density at radius 2 is 1.77 bits per heavy atom. The molecular weight excluding hydrogens is 394 g/mol. The molecule has 31 heavy (non-hydrogen) atoms. The summed E-state index contributed by atoms with van der Waals surface area (Å²) in [5, 5.41) is 2.88. The third kappa shape index (κ3) is 3.26. The fourth-order valence-corrected chi connectivity index (χ4v) is 4.25. The lowest BCUT2D eigenvalue weighted by atomic mass is 10.0. The molecule has 1 aromatic heterocycles. The van der Waals surface area contributed by atoms with Crippen LogP contribution < -0.4 is 10.2 Å². The van der Waals surface area contributed by atoms with Gasteiger partial charge in [0.2, 0.25) is 5.91 Å². The molecule has 2 aliphatic heterocycles. The molecular formula is C23H21N5O3. The predicted octanol–water partition coefficient (Wildman–Crippen LogP) is 2.20. The Balaban J connectivity index is 1.37. The first-order valence-electron chi connectivity index (χ1n) is 10.2. The van der Waals surface area contributed by atoms with Crippen molar-refractivity contribution in [2.24, 2.45) is 0 Å². The number of nitrogens with one attached hydrogen (secondary N) is 1. The number of benzene rings is 2. The highest BCUT2D eigenvalue weighted by molar-refractivity contribution is 6.17. The number of hydrogen-bond donors (Lipinski definition) is 1. The number of aryl methyl sites for hydroxylation is 1. The summed E-state index contributed by atoms with van der Waals surface area (Å²) in [4.78, 5) is 46.2. The van der Waals surface area contributed by atoms with E-state index < -0.39 is 6.17 Å². The normalized spacial score (nSPS) is 16.7. The summed E-state index contributed by atoms with van der Waals surface area (Å²) in [6.45, 7) is 1.11. The molecule has 3 aromatic rings. The zero-order valence-corrected chi connectivity index (χ0v) is 16.8. The molecule has 1 N–H and O–H groups in total. The fourth-order valence-electron chi connectivity index (χ4n) is 4.25. The molecule has 0 saturated heterocycles. The van der Waals surface area contributed by atoms with E-state index in [2.05, 4.69) is 10.3 Å². The summed E-state index contributed by atoms with van der Waals surface area (Å²) in [5.41, 5.74) is 2.30. The van der Waals surface area contributed by atoms with Gasteiger partial charge < -0.3 is 14.8 Å². The van der Waals surface area contributed by atoms with E-state index in [1.807, 2.05) is 29.0 Å². The third-order valence-electron chi connectivity index (χ3n) is 5.67. The van der Waals surface area contributed by atoms with E-state index in [-0.39, 0.29) is 24.3 Å². The van der Waals surface area contributed by atoms with Gasteiger partial charge in [-0.1, -0.05) is 30.3 Å². The van der Waals surface area contributed by atoms with Gasteiger partial charge in [0.15, 0.2) is 0 Å². The monoisotopic (exact) mass is 415 g/mol. The maximum absolute atomic E-state index is 13.3. The molecule has 5 rings (SSSR count). The zero-order chi connectivity index (χ0) is 21.4. The summed E-state index contributed by atoms with van der Waals surface area (Å²) in [7, 11) is 0. The molecule has 8 heteroatoms. The summed E-state index contributed by atoms with van der Waals surface area (Å²) >= 11 is 0. The zero-order valence-electron chi connectivity index (χ0n) is 16.8. The molecule has 0 radical (unpaired) electrons. The molecule has 0 saturated carbocycles. The number of carbonyl (C=O) groups is 3. The number of fused-ring (bicyclic) bond motifs is 5. The molecule has 2 aliphatic rings. The fraction of sp³-hybridized carbons (Fsp3) is 0.217. The highest BCUT2D eigenvalue weighted by atomic mass is 16.2. The first-order chi connectivity index (χ1) is 15.1. The summed E-state index contributed by atoms with van der Waals surface area (Å²) < 4.78 is 1.94. The van der Waals surface area contributed by atoms with Crippen molar-refractivity contribution in [3.63, 3.8) is 0 Å². The van der Waals surface area contributed by atoms with Crippen molar-refractivity contribution in [3.05, 3.63) is 83.9 Å². The first kappa shape index (κ1) is 19.0. The lowest BCUT2D eigenvalue weighted by Gasteiger charge is -2.40. The van der Waals surface area contributed by atoms with Gasteiger partial charge in [-0.25, -0.2) is 4.98 Å². The molecule has 0 spiro atoms. The molecule has 2 aromatic carbocycles. The van der Waals surface area contributed by atoms with Crippen molar-refractivity contribution >= 4 is 23.4 Å². The highest BCUT2D eigenvalue weighted by Gasteiger charge is 2.47. The van der Waals surface area contributed by atoms with Crippen molar-refractivity contribution in [1.29, 1.82) is 0 Å². The number of anilines is 1. The van der Waals surface area contributed by atoms with Gasteiger partial charge in [0.05, 0.1) is 17.6 Å². The number of carbonyl (C=O) groups excluding carboxylic acids is 3. The van der Waals surface area contributed by atoms with Crippen LogP contribution in [0.3, 0.4) is 0 Å². The van der Waals surface area contributed by atoms with Crippen LogP contribution in [0.4, 0.5) is 5.69 Å². The average Bonchev–Trinajstić information content (AvgIpc) is 3.41. The molecule has 3 amide bonds. The van der Waals surface area contributed by atoms with E-state index in [0.29, 0.717) is 23.4 Å².